The Morgan fingerprint density at radius 1 is 1.19 bits per heavy atom. The number of hydrogen-bond donors (Lipinski definition) is 1. The van der Waals surface area contributed by atoms with Gasteiger partial charge in [0.05, 0.1) is 0 Å². The van der Waals surface area contributed by atoms with Crippen LogP contribution < -0.4 is 10.5 Å². The molecule has 0 amide bonds. The zero-order chi connectivity index (χ0) is 15.2. The lowest BCUT2D eigenvalue weighted by molar-refractivity contribution is -0.147. The molecule has 0 saturated carbocycles. The quantitative estimate of drug-likeness (QED) is 0.661. The fourth-order valence-corrected chi connectivity index (χ4v) is 1.97. The van der Waals surface area contributed by atoms with Crippen LogP contribution in [-0.2, 0) is 16.1 Å². The zero-order valence-corrected chi connectivity index (χ0v) is 12.6. The molecule has 0 aliphatic rings. The van der Waals surface area contributed by atoms with Gasteiger partial charge in [-0.1, -0.05) is 15.9 Å². The van der Waals surface area contributed by atoms with E-state index < -0.39 is 11.8 Å². The van der Waals surface area contributed by atoms with Crippen molar-refractivity contribution in [3.8, 4) is 5.75 Å². The van der Waals surface area contributed by atoms with E-state index in [1.165, 1.54) is 6.07 Å². The first-order valence-corrected chi connectivity index (χ1v) is 6.92. The van der Waals surface area contributed by atoms with E-state index in [0.29, 0.717) is 21.5 Å². The first-order chi connectivity index (χ1) is 10.0. The predicted molar refractivity (Wildman–Crippen MR) is 80.2 cm³/mol. The molecule has 0 saturated heterocycles. The van der Waals surface area contributed by atoms with Crippen LogP contribution in [0.15, 0.2) is 46.9 Å². The molecule has 2 aromatic rings. The summed E-state index contributed by atoms with van der Waals surface area (Å²) in [5.41, 5.74) is 6.44. The number of nitrogen functional groups attached to an aromatic ring is 1. The fraction of sp³-hybridized carbons (Fsp3) is 0.133. The molecule has 0 aromatic heterocycles. The number of nitrogens with two attached hydrogens (primary N) is 1. The van der Waals surface area contributed by atoms with Gasteiger partial charge >= 0.3 is 5.97 Å². The standard InChI is InChI=1S/C15H13BrFNO3/c16-11-1-6-14(17)10(7-11)8-21-15(19)9-20-13-4-2-12(18)3-5-13/h1-7H,8-9,18H2. The monoisotopic (exact) mass is 353 g/mol. The van der Waals surface area contributed by atoms with E-state index in [2.05, 4.69) is 15.9 Å². The van der Waals surface area contributed by atoms with Crippen LogP contribution in [0, 0.1) is 5.82 Å². The molecule has 0 aliphatic heterocycles. The second kappa shape index (κ2) is 7.08. The lowest BCUT2D eigenvalue weighted by atomic mass is 10.2. The number of benzene rings is 2. The lowest BCUT2D eigenvalue weighted by Gasteiger charge is -2.08. The maximum Gasteiger partial charge on any atom is 0.344 e. The molecule has 0 heterocycles. The van der Waals surface area contributed by atoms with Gasteiger partial charge < -0.3 is 15.2 Å². The van der Waals surface area contributed by atoms with Gasteiger partial charge in [0.25, 0.3) is 0 Å². The molecular weight excluding hydrogens is 341 g/mol. The van der Waals surface area contributed by atoms with Gasteiger partial charge in [-0.05, 0) is 42.5 Å². The smallest absolute Gasteiger partial charge is 0.344 e. The molecule has 4 nitrogen and oxygen atoms in total. The first-order valence-electron chi connectivity index (χ1n) is 6.12. The van der Waals surface area contributed by atoms with E-state index >= 15 is 0 Å². The average Bonchev–Trinajstić information content (AvgIpc) is 2.47. The highest BCUT2D eigenvalue weighted by molar-refractivity contribution is 9.10. The van der Waals surface area contributed by atoms with Crippen LogP contribution in [0.1, 0.15) is 5.56 Å². The number of halogens is 2. The molecule has 0 bridgehead atoms. The van der Waals surface area contributed by atoms with Crippen molar-refractivity contribution in [2.24, 2.45) is 0 Å². The number of esters is 1. The Balaban J connectivity index is 1.82. The number of carbonyl (C=O) groups is 1. The largest absolute Gasteiger partial charge is 0.482 e. The van der Waals surface area contributed by atoms with Gasteiger partial charge in [0.1, 0.15) is 18.2 Å². The molecule has 6 heteroatoms. The number of hydrogen-bond acceptors (Lipinski definition) is 4. The summed E-state index contributed by atoms with van der Waals surface area (Å²) in [7, 11) is 0. The second-order valence-corrected chi connectivity index (χ2v) is 5.17. The summed E-state index contributed by atoms with van der Waals surface area (Å²) in [6, 6.07) is 11.1. The third-order valence-corrected chi connectivity index (χ3v) is 3.13. The third kappa shape index (κ3) is 4.75. The van der Waals surface area contributed by atoms with Gasteiger partial charge in [-0.25, -0.2) is 9.18 Å². The molecule has 110 valence electrons. The van der Waals surface area contributed by atoms with Crippen molar-refractivity contribution in [3.05, 3.63) is 58.3 Å². The summed E-state index contributed by atoms with van der Waals surface area (Å²) in [6.45, 7) is -0.394. The first kappa shape index (κ1) is 15.3. The molecule has 2 rings (SSSR count). The molecule has 2 aromatic carbocycles. The highest BCUT2D eigenvalue weighted by Crippen LogP contribution is 2.16. The second-order valence-electron chi connectivity index (χ2n) is 4.25. The minimum absolute atomic E-state index is 0.144. The summed E-state index contributed by atoms with van der Waals surface area (Å²) in [5.74, 6) is -0.494. The Hall–Kier alpha value is -2.08. The maximum atomic E-state index is 13.5. The summed E-state index contributed by atoms with van der Waals surface area (Å²) in [6.07, 6.45) is 0. The molecular formula is C15H13BrFNO3. The van der Waals surface area contributed by atoms with Gasteiger partial charge in [0, 0.05) is 15.7 Å². The van der Waals surface area contributed by atoms with Crippen molar-refractivity contribution in [1.82, 2.24) is 0 Å². The van der Waals surface area contributed by atoms with E-state index in [0.717, 1.165) is 0 Å². The van der Waals surface area contributed by atoms with Crippen LogP contribution in [0.2, 0.25) is 0 Å². The highest BCUT2D eigenvalue weighted by Gasteiger charge is 2.08. The minimum atomic E-state index is -0.578. The van der Waals surface area contributed by atoms with Gasteiger partial charge in [-0.2, -0.15) is 0 Å². The van der Waals surface area contributed by atoms with Crippen LogP contribution in [0.5, 0.6) is 5.75 Å². The van der Waals surface area contributed by atoms with E-state index in [1.54, 1.807) is 36.4 Å². The van der Waals surface area contributed by atoms with E-state index in [-0.39, 0.29) is 13.2 Å². The SMILES string of the molecule is Nc1ccc(OCC(=O)OCc2cc(Br)ccc2F)cc1. The predicted octanol–water partition coefficient (Wildman–Crippen LogP) is 3.29. The Morgan fingerprint density at radius 2 is 1.90 bits per heavy atom. The van der Waals surface area contributed by atoms with Crippen LogP contribution in [-0.4, -0.2) is 12.6 Å². The highest BCUT2D eigenvalue weighted by atomic mass is 79.9. The normalized spacial score (nSPS) is 10.2. The molecule has 0 unspecified atom stereocenters. The Morgan fingerprint density at radius 3 is 2.62 bits per heavy atom. The van der Waals surface area contributed by atoms with E-state index in [4.69, 9.17) is 15.2 Å². The number of rotatable bonds is 5. The van der Waals surface area contributed by atoms with Gasteiger partial charge in [0.15, 0.2) is 6.61 Å². The molecule has 0 atom stereocenters. The number of carbonyl (C=O) groups excluding carboxylic acids is 1. The van der Waals surface area contributed by atoms with Crippen molar-refractivity contribution in [1.29, 1.82) is 0 Å². The fourth-order valence-electron chi connectivity index (χ4n) is 1.56. The van der Waals surface area contributed by atoms with E-state index in [1.807, 2.05) is 0 Å². The number of anilines is 1. The summed E-state index contributed by atoms with van der Waals surface area (Å²) in [4.78, 5) is 11.5. The van der Waals surface area contributed by atoms with Crippen molar-refractivity contribution in [2.75, 3.05) is 12.3 Å². The third-order valence-electron chi connectivity index (χ3n) is 2.63. The molecule has 2 N–H and O–H groups in total. The molecule has 0 spiro atoms. The molecule has 0 aliphatic carbocycles. The van der Waals surface area contributed by atoms with Crippen LogP contribution in [0.25, 0.3) is 0 Å². The Labute approximate surface area is 129 Å². The summed E-state index contributed by atoms with van der Waals surface area (Å²) in [5, 5.41) is 0. The Bertz CT molecular complexity index is 631. The Kier molecular flexibility index (Phi) is 5.16. The van der Waals surface area contributed by atoms with Crippen LogP contribution in [0.3, 0.4) is 0 Å². The van der Waals surface area contributed by atoms with Crippen molar-refractivity contribution < 1.29 is 18.7 Å². The topological polar surface area (TPSA) is 61.5 Å². The maximum absolute atomic E-state index is 13.5. The average molecular weight is 354 g/mol. The minimum Gasteiger partial charge on any atom is -0.482 e. The van der Waals surface area contributed by atoms with Crippen LogP contribution in [0.4, 0.5) is 10.1 Å². The molecule has 0 radical (unpaired) electrons. The van der Waals surface area contributed by atoms with Crippen molar-refractivity contribution in [3.63, 3.8) is 0 Å². The lowest BCUT2D eigenvalue weighted by Crippen LogP contribution is -2.15. The van der Waals surface area contributed by atoms with Gasteiger partial charge in [-0.15, -0.1) is 0 Å². The zero-order valence-electron chi connectivity index (χ0n) is 11.0. The molecule has 0 fully saturated rings. The van der Waals surface area contributed by atoms with Gasteiger partial charge in [0.2, 0.25) is 0 Å². The number of ether oxygens (including phenoxy) is 2. The van der Waals surface area contributed by atoms with E-state index in [9.17, 15) is 9.18 Å². The summed E-state index contributed by atoms with van der Waals surface area (Å²) < 4.78 is 24.4. The summed E-state index contributed by atoms with van der Waals surface area (Å²) >= 11 is 3.23. The molecule has 21 heavy (non-hydrogen) atoms. The van der Waals surface area contributed by atoms with Crippen molar-refractivity contribution in [2.45, 2.75) is 6.61 Å². The van der Waals surface area contributed by atoms with Gasteiger partial charge in [-0.3, -0.25) is 0 Å². The van der Waals surface area contributed by atoms with Crippen molar-refractivity contribution >= 4 is 27.6 Å². The van der Waals surface area contributed by atoms with Crippen LogP contribution >= 0.6 is 15.9 Å².